The summed E-state index contributed by atoms with van der Waals surface area (Å²) in [7, 11) is 0. The predicted molar refractivity (Wildman–Crippen MR) is 84.4 cm³/mol. The minimum Gasteiger partial charge on any atom is -0.492 e. The molecule has 1 atom stereocenters. The second-order valence-electron chi connectivity index (χ2n) is 4.84. The van der Waals surface area contributed by atoms with Gasteiger partial charge in [-0.05, 0) is 13.0 Å². The Labute approximate surface area is 129 Å². The molecular weight excluding hydrogens is 294 g/mol. The molecular formula is C14H18ClN3OS. The van der Waals surface area contributed by atoms with Crippen molar-refractivity contribution in [2.75, 3.05) is 12.3 Å². The first-order valence-corrected chi connectivity index (χ1v) is 7.19. The molecule has 0 spiro atoms. The average Bonchev–Trinajstić information content (AvgIpc) is 2.74. The van der Waals surface area contributed by atoms with Gasteiger partial charge in [0, 0.05) is 35.8 Å². The van der Waals surface area contributed by atoms with Gasteiger partial charge in [-0.15, -0.1) is 23.7 Å². The Kier molecular flexibility index (Phi) is 4.86. The predicted octanol–water partition coefficient (Wildman–Crippen LogP) is 2.93. The number of para-hydroxylation sites is 1. The fourth-order valence-electron chi connectivity index (χ4n) is 2.27. The number of hydrogen-bond acceptors (Lipinski definition) is 5. The van der Waals surface area contributed by atoms with Gasteiger partial charge in [0.25, 0.3) is 0 Å². The van der Waals surface area contributed by atoms with Gasteiger partial charge in [0.2, 0.25) is 0 Å². The Balaban J connectivity index is 0.00000147. The first-order valence-electron chi connectivity index (χ1n) is 6.37. The molecule has 1 aromatic carbocycles. The van der Waals surface area contributed by atoms with E-state index in [0.29, 0.717) is 17.8 Å². The molecule has 1 aliphatic rings. The molecule has 0 bridgehead atoms. The largest absolute Gasteiger partial charge is 0.492 e. The number of anilines is 1. The lowest BCUT2D eigenvalue weighted by Crippen LogP contribution is -2.34. The zero-order chi connectivity index (χ0) is 13.2. The third-order valence-electron chi connectivity index (χ3n) is 3.38. The fraction of sp³-hybridized carbons (Fsp3) is 0.357. The molecule has 1 aromatic heterocycles. The van der Waals surface area contributed by atoms with Crippen molar-refractivity contribution in [3.8, 4) is 5.75 Å². The molecule has 0 saturated carbocycles. The van der Waals surface area contributed by atoms with Crippen molar-refractivity contribution < 1.29 is 4.74 Å². The smallest absolute Gasteiger partial charge is 0.180 e. The van der Waals surface area contributed by atoms with Crippen LogP contribution < -0.4 is 10.5 Å². The number of nitrogen functional groups attached to an aromatic ring is 1. The van der Waals surface area contributed by atoms with Gasteiger partial charge in [-0.1, -0.05) is 18.2 Å². The van der Waals surface area contributed by atoms with Crippen LogP contribution in [0.15, 0.2) is 30.5 Å². The van der Waals surface area contributed by atoms with E-state index in [1.54, 1.807) is 11.3 Å². The van der Waals surface area contributed by atoms with E-state index < -0.39 is 0 Å². The molecule has 4 nitrogen and oxygen atoms in total. The van der Waals surface area contributed by atoms with E-state index in [9.17, 15) is 0 Å². The first-order chi connectivity index (χ1) is 9.22. The fourth-order valence-corrected chi connectivity index (χ4v) is 2.98. The van der Waals surface area contributed by atoms with Gasteiger partial charge >= 0.3 is 0 Å². The number of nitrogens with zero attached hydrogens (tertiary/aromatic N) is 2. The van der Waals surface area contributed by atoms with E-state index in [2.05, 4.69) is 28.9 Å². The van der Waals surface area contributed by atoms with Crippen molar-refractivity contribution in [3.05, 3.63) is 40.9 Å². The van der Waals surface area contributed by atoms with Gasteiger partial charge in [-0.25, -0.2) is 4.98 Å². The van der Waals surface area contributed by atoms with Crippen LogP contribution in [0.25, 0.3) is 0 Å². The molecule has 0 radical (unpaired) electrons. The van der Waals surface area contributed by atoms with Crippen LogP contribution in [0.5, 0.6) is 5.75 Å². The van der Waals surface area contributed by atoms with Crippen LogP contribution in [0.1, 0.15) is 17.4 Å². The van der Waals surface area contributed by atoms with E-state index in [4.69, 9.17) is 10.5 Å². The summed E-state index contributed by atoms with van der Waals surface area (Å²) in [6.07, 6.45) is 1.87. The van der Waals surface area contributed by atoms with Crippen LogP contribution in [0.2, 0.25) is 0 Å². The summed E-state index contributed by atoms with van der Waals surface area (Å²) in [4.78, 5) is 7.71. The van der Waals surface area contributed by atoms with Gasteiger partial charge in [0.05, 0.1) is 0 Å². The number of thiazole rings is 1. The zero-order valence-corrected chi connectivity index (χ0v) is 12.9. The van der Waals surface area contributed by atoms with Crippen LogP contribution in [0.4, 0.5) is 5.13 Å². The topological polar surface area (TPSA) is 51.4 Å². The molecule has 0 saturated heterocycles. The summed E-state index contributed by atoms with van der Waals surface area (Å²) in [6.45, 7) is 4.67. The molecule has 1 aliphatic heterocycles. The van der Waals surface area contributed by atoms with E-state index >= 15 is 0 Å². The maximum absolute atomic E-state index is 5.86. The Morgan fingerprint density at radius 3 is 3.00 bits per heavy atom. The Hall–Kier alpha value is -1.30. The summed E-state index contributed by atoms with van der Waals surface area (Å²) in [6, 6.07) is 8.61. The highest BCUT2D eigenvalue weighted by atomic mass is 35.5. The molecule has 1 unspecified atom stereocenters. The lowest BCUT2D eigenvalue weighted by atomic mass is 10.2. The number of rotatable bonds is 2. The summed E-state index contributed by atoms with van der Waals surface area (Å²) >= 11 is 1.56. The molecule has 6 heteroatoms. The molecule has 2 heterocycles. The normalized spacial score (nSPS) is 18.6. The van der Waals surface area contributed by atoms with Gasteiger partial charge in [-0.3, -0.25) is 4.90 Å². The van der Waals surface area contributed by atoms with Gasteiger partial charge in [0.1, 0.15) is 12.4 Å². The second kappa shape index (κ2) is 6.43. The Bertz CT molecular complexity index is 575. The van der Waals surface area contributed by atoms with Crippen molar-refractivity contribution in [2.24, 2.45) is 0 Å². The van der Waals surface area contributed by atoms with Gasteiger partial charge < -0.3 is 10.5 Å². The number of nitrogens with two attached hydrogens (primary N) is 1. The molecule has 20 heavy (non-hydrogen) atoms. The quantitative estimate of drug-likeness (QED) is 0.926. The molecule has 2 N–H and O–H groups in total. The van der Waals surface area contributed by atoms with Crippen molar-refractivity contribution in [3.63, 3.8) is 0 Å². The standard InChI is InChI=1S/C14H17N3OS.ClH/c1-10-9-18-13-5-3-2-4-11(13)7-17(10)8-12-6-16-14(15)19-12;/h2-6,10H,7-9H2,1H3,(H2,15,16);1H. The van der Waals surface area contributed by atoms with Gasteiger partial charge in [0.15, 0.2) is 5.13 Å². The van der Waals surface area contributed by atoms with Crippen molar-refractivity contribution in [1.82, 2.24) is 9.88 Å². The summed E-state index contributed by atoms with van der Waals surface area (Å²) in [5, 5.41) is 0.633. The molecule has 3 rings (SSSR count). The number of ether oxygens (including phenoxy) is 1. The summed E-state index contributed by atoms with van der Waals surface area (Å²) in [5.74, 6) is 1.00. The van der Waals surface area contributed by atoms with Crippen LogP contribution in [-0.2, 0) is 13.1 Å². The minimum atomic E-state index is 0. The molecule has 108 valence electrons. The van der Waals surface area contributed by atoms with E-state index in [1.807, 2.05) is 18.3 Å². The highest BCUT2D eigenvalue weighted by molar-refractivity contribution is 7.15. The number of hydrogen-bond donors (Lipinski definition) is 1. The lowest BCUT2D eigenvalue weighted by Gasteiger charge is -2.25. The maximum atomic E-state index is 5.86. The highest BCUT2D eigenvalue weighted by Gasteiger charge is 2.21. The molecule has 0 amide bonds. The second-order valence-corrected chi connectivity index (χ2v) is 5.98. The highest BCUT2D eigenvalue weighted by Crippen LogP contribution is 2.27. The average molecular weight is 312 g/mol. The van der Waals surface area contributed by atoms with E-state index in [-0.39, 0.29) is 12.4 Å². The monoisotopic (exact) mass is 311 g/mol. The van der Waals surface area contributed by atoms with Crippen LogP contribution in [0.3, 0.4) is 0 Å². The summed E-state index contributed by atoms with van der Waals surface area (Å²) in [5.41, 5.74) is 6.93. The van der Waals surface area contributed by atoms with Crippen LogP contribution >= 0.6 is 23.7 Å². The Morgan fingerprint density at radius 2 is 2.25 bits per heavy atom. The zero-order valence-electron chi connectivity index (χ0n) is 11.3. The number of fused-ring (bicyclic) bond motifs is 1. The summed E-state index contributed by atoms with van der Waals surface area (Å²) < 4.78 is 5.86. The van der Waals surface area contributed by atoms with E-state index in [1.165, 1.54) is 10.4 Å². The molecule has 0 fully saturated rings. The molecule has 0 aliphatic carbocycles. The minimum absolute atomic E-state index is 0. The number of benzene rings is 1. The third kappa shape index (κ3) is 3.23. The third-order valence-corrected chi connectivity index (χ3v) is 4.19. The SMILES string of the molecule is CC1COc2ccccc2CN1Cc1cnc(N)s1.Cl. The van der Waals surface area contributed by atoms with Crippen molar-refractivity contribution in [1.29, 1.82) is 0 Å². The van der Waals surface area contributed by atoms with Crippen LogP contribution in [0, 0.1) is 0 Å². The number of halogens is 1. The Morgan fingerprint density at radius 1 is 1.45 bits per heavy atom. The molecule has 2 aromatic rings. The van der Waals surface area contributed by atoms with Crippen LogP contribution in [-0.4, -0.2) is 22.5 Å². The lowest BCUT2D eigenvalue weighted by molar-refractivity contribution is 0.152. The van der Waals surface area contributed by atoms with Crippen molar-refractivity contribution >= 4 is 28.9 Å². The first kappa shape index (κ1) is 15.1. The van der Waals surface area contributed by atoms with E-state index in [0.717, 1.165) is 18.8 Å². The van der Waals surface area contributed by atoms with Gasteiger partial charge in [-0.2, -0.15) is 0 Å². The maximum Gasteiger partial charge on any atom is 0.180 e. The van der Waals surface area contributed by atoms with Crippen molar-refractivity contribution in [2.45, 2.75) is 26.1 Å². The number of aromatic nitrogens is 1.